The van der Waals surface area contributed by atoms with Crippen LogP contribution >= 0.6 is 0 Å². The first-order valence-electron chi connectivity index (χ1n) is 11.9. The van der Waals surface area contributed by atoms with Crippen LogP contribution in [0.5, 0.6) is 0 Å². The second kappa shape index (κ2) is 12.2. The number of carbonyl (C=O) groups is 1. The quantitative estimate of drug-likeness (QED) is 0.251. The van der Waals surface area contributed by atoms with E-state index in [9.17, 15) is 27.9 Å². The van der Waals surface area contributed by atoms with Crippen LogP contribution in [0, 0.1) is 5.41 Å². The Morgan fingerprint density at radius 3 is 2.46 bits per heavy atom. The Balaban J connectivity index is 1.60. The van der Waals surface area contributed by atoms with Crippen LogP contribution < -0.4 is 21.5 Å². The van der Waals surface area contributed by atoms with Crippen LogP contribution in [0.25, 0.3) is 0 Å². The number of aromatic nitrogens is 2. The minimum atomic E-state index is -4.48. The predicted molar refractivity (Wildman–Crippen MR) is 132 cm³/mol. The van der Waals surface area contributed by atoms with E-state index in [1.807, 2.05) is 0 Å². The summed E-state index contributed by atoms with van der Waals surface area (Å²) in [5.41, 5.74) is -1.25. The summed E-state index contributed by atoms with van der Waals surface area (Å²) in [5.74, 6) is -0.655. The van der Waals surface area contributed by atoms with E-state index in [1.54, 1.807) is 6.92 Å². The van der Waals surface area contributed by atoms with Crippen molar-refractivity contribution >= 4 is 23.1 Å². The Labute approximate surface area is 211 Å². The van der Waals surface area contributed by atoms with E-state index in [2.05, 4.69) is 20.9 Å². The van der Waals surface area contributed by atoms with Crippen molar-refractivity contribution in [3.05, 3.63) is 52.2 Å². The zero-order valence-electron chi connectivity index (χ0n) is 20.6. The van der Waals surface area contributed by atoms with Crippen molar-refractivity contribution in [1.82, 2.24) is 14.9 Å². The highest BCUT2D eigenvalue weighted by molar-refractivity contribution is 6.08. The highest BCUT2D eigenvalue weighted by atomic mass is 19.4. The molecule has 0 unspecified atom stereocenters. The van der Waals surface area contributed by atoms with Gasteiger partial charge in [0.1, 0.15) is 17.9 Å². The highest BCUT2D eigenvalue weighted by Gasteiger charge is 2.30. The van der Waals surface area contributed by atoms with E-state index in [0.717, 1.165) is 48.7 Å². The van der Waals surface area contributed by atoms with Crippen LogP contribution in [0.4, 0.5) is 24.5 Å². The summed E-state index contributed by atoms with van der Waals surface area (Å²) >= 11 is 0. The molecule has 1 saturated carbocycles. The second-order valence-electron chi connectivity index (χ2n) is 8.95. The van der Waals surface area contributed by atoms with Gasteiger partial charge in [-0.2, -0.15) is 13.2 Å². The topological polar surface area (TPSA) is 141 Å². The van der Waals surface area contributed by atoms with Crippen LogP contribution in [0.3, 0.4) is 0 Å². The number of amides is 1. The van der Waals surface area contributed by atoms with Gasteiger partial charge < -0.3 is 25.8 Å². The van der Waals surface area contributed by atoms with Gasteiger partial charge in [0.05, 0.1) is 30.7 Å². The van der Waals surface area contributed by atoms with Crippen molar-refractivity contribution in [3.63, 3.8) is 0 Å². The van der Waals surface area contributed by atoms with Crippen LogP contribution in [0.1, 0.15) is 43.9 Å². The molecular weight excluding hydrogens is 493 g/mol. The Bertz CT molecular complexity index is 1140. The number of alkyl halides is 3. The number of hydrogen-bond donors (Lipinski definition) is 5. The normalized spacial score (nSPS) is 18.6. The number of ether oxygens (including phenoxy) is 1. The third-order valence-electron chi connectivity index (χ3n) is 5.93. The van der Waals surface area contributed by atoms with Gasteiger partial charge in [0.2, 0.25) is 5.91 Å². The lowest BCUT2D eigenvalue weighted by atomic mass is 9.93. The lowest BCUT2D eigenvalue weighted by Gasteiger charge is -2.29. The molecule has 1 atom stereocenters. The largest absolute Gasteiger partial charge is 0.416 e. The summed E-state index contributed by atoms with van der Waals surface area (Å²) in [5, 5.41) is 25.8. The van der Waals surface area contributed by atoms with Crippen molar-refractivity contribution in [3.8, 4) is 0 Å². The number of halogens is 3. The molecule has 1 aromatic carbocycles. The van der Waals surface area contributed by atoms with Gasteiger partial charge >= 0.3 is 6.18 Å². The Morgan fingerprint density at radius 1 is 1.24 bits per heavy atom. The lowest BCUT2D eigenvalue weighted by molar-refractivity contribution is -0.137. The van der Waals surface area contributed by atoms with Gasteiger partial charge in [-0.25, -0.2) is 4.98 Å². The molecule has 0 radical (unpaired) electrons. The molecule has 202 valence electrons. The third kappa shape index (κ3) is 7.76. The van der Waals surface area contributed by atoms with Gasteiger partial charge in [0.15, 0.2) is 5.84 Å². The number of rotatable bonds is 9. The molecule has 1 heterocycles. The fourth-order valence-corrected chi connectivity index (χ4v) is 4.04. The summed E-state index contributed by atoms with van der Waals surface area (Å²) in [4.78, 5) is 29.6. The molecule has 1 aliphatic rings. The second-order valence-corrected chi connectivity index (χ2v) is 8.95. The van der Waals surface area contributed by atoms with Crippen molar-refractivity contribution in [1.29, 1.82) is 5.41 Å². The fraction of sp³-hybridized carbons (Fsp3) is 0.500. The van der Waals surface area contributed by atoms with Crippen LogP contribution in [0.2, 0.25) is 0 Å². The zero-order valence-corrected chi connectivity index (χ0v) is 20.6. The van der Waals surface area contributed by atoms with Gasteiger partial charge in [-0.3, -0.25) is 19.6 Å². The van der Waals surface area contributed by atoms with Crippen LogP contribution in [0.15, 0.2) is 35.4 Å². The molecule has 10 nitrogen and oxygen atoms in total. The number of aliphatic hydroxyl groups excluding tert-OH is 1. The van der Waals surface area contributed by atoms with E-state index in [0.29, 0.717) is 0 Å². The maximum atomic E-state index is 12.9. The number of benzene rings is 1. The first kappa shape index (κ1) is 28.1. The molecule has 2 aromatic rings. The molecule has 1 fully saturated rings. The van der Waals surface area contributed by atoms with Crippen molar-refractivity contribution in [2.24, 2.45) is 0 Å². The lowest BCUT2D eigenvalue weighted by Crippen LogP contribution is -2.42. The summed E-state index contributed by atoms with van der Waals surface area (Å²) < 4.78 is 45.0. The average molecular weight is 525 g/mol. The molecule has 0 saturated heterocycles. The zero-order chi connectivity index (χ0) is 27.2. The number of amidine groups is 1. The van der Waals surface area contributed by atoms with Gasteiger partial charge in [0, 0.05) is 18.8 Å². The average Bonchev–Trinajstić information content (AvgIpc) is 2.84. The molecule has 1 amide bonds. The van der Waals surface area contributed by atoms with Gasteiger partial charge in [-0.1, -0.05) is 0 Å². The van der Waals surface area contributed by atoms with E-state index in [4.69, 9.17) is 10.1 Å². The van der Waals surface area contributed by atoms with E-state index in [-0.39, 0.29) is 54.1 Å². The van der Waals surface area contributed by atoms with Crippen LogP contribution in [-0.2, 0) is 22.3 Å². The Kier molecular flexibility index (Phi) is 9.27. The molecule has 13 heteroatoms. The number of carbonyl (C=O) groups excluding carboxylic acids is 1. The van der Waals surface area contributed by atoms with E-state index >= 15 is 0 Å². The van der Waals surface area contributed by atoms with Crippen molar-refractivity contribution in [2.45, 2.75) is 63.6 Å². The number of anilines is 2. The third-order valence-corrected chi connectivity index (χ3v) is 5.93. The summed E-state index contributed by atoms with van der Waals surface area (Å²) in [7, 11) is 1.47. The molecular formula is C24H31F3N6O4. The summed E-state index contributed by atoms with van der Waals surface area (Å²) in [6.07, 6.45) is -0.849. The molecule has 5 N–H and O–H groups in total. The molecule has 3 rings (SSSR count). The summed E-state index contributed by atoms with van der Waals surface area (Å²) in [6.45, 7) is 1.67. The van der Waals surface area contributed by atoms with E-state index in [1.165, 1.54) is 19.2 Å². The Hall–Kier alpha value is -3.45. The van der Waals surface area contributed by atoms with Gasteiger partial charge in [-0.05, 0) is 56.9 Å². The molecule has 1 aliphatic carbocycles. The molecule has 0 spiro atoms. The predicted octanol–water partition coefficient (Wildman–Crippen LogP) is 2.57. The minimum absolute atomic E-state index is 0.0320. The maximum absolute atomic E-state index is 12.9. The number of aliphatic hydroxyl groups is 1. The van der Waals surface area contributed by atoms with Crippen LogP contribution in [-0.4, -0.2) is 58.3 Å². The van der Waals surface area contributed by atoms with Crippen molar-refractivity contribution < 1.29 is 27.8 Å². The summed E-state index contributed by atoms with van der Waals surface area (Å²) in [6, 6.07) is 4.07. The number of nitrogens with zero attached hydrogens (tertiary/aromatic N) is 2. The fourth-order valence-electron chi connectivity index (χ4n) is 4.04. The molecule has 0 aliphatic heterocycles. The Morgan fingerprint density at radius 2 is 1.89 bits per heavy atom. The standard InChI is InChI=1S/C24H31F3N6O4/c1-14(34)12-37-18-9-7-16(8-10-18)31-19(35)11-33-13-30-20(21(29-2)23(33)36)22(28)32-17-5-3-15(4-6-17)24(25,26)27/h3-6,13-14,16,18,29,34H,7-12H2,1-2H3,(H2,28,32)(H,31,35)/t14-,16?,18?/m1/s1. The first-order valence-corrected chi connectivity index (χ1v) is 11.9. The minimum Gasteiger partial charge on any atom is -0.391 e. The monoisotopic (exact) mass is 524 g/mol. The van der Waals surface area contributed by atoms with E-state index < -0.39 is 23.4 Å². The molecule has 37 heavy (non-hydrogen) atoms. The number of hydrogen-bond acceptors (Lipinski definition) is 7. The maximum Gasteiger partial charge on any atom is 0.416 e. The molecule has 0 bridgehead atoms. The number of nitrogens with one attached hydrogen (secondary N) is 4. The smallest absolute Gasteiger partial charge is 0.391 e. The van der Waals surface area contributed by atoms with Crippen molar-refractivity contribution in [2.75, 3.05) is 24.3 Å². The highest BCUT2D eigenvalue weighted by Crippen LogP contribution is 2.30. The first-order chi connectivity index (χ1) is 17.5. The van der Waals surface area contributed by atoms with Gasteiger partial charge in [-0.15, -0.1) is 0 Å². The van der Waals surface area contributed by atoms with Gasteiger partial charge in [0.25, 0.3) is 5.56 Å². The SMILES string of the molecule is CNc1c(C(=N)Nc2ccc(C(F)(F)F)cc2)ncn(CC(=O)NC2CCC(OC[C@@H](C)O)CC2)c1=O. The molecule has 1 aromatic heterocycles.